The smallest absolute Gasteiger partial charge is 0.271 e. The van der Waals surface area contributed by atoms with Gasteiger partial charge in [0.2, 0.25) is 0 Å². The van der Waals surface area contributed by atoms with Crippen LogP contribution in [0.2, 0.25) is 0 Å². The molecule has 0 heterocycles. The molecule has 0 fully saturated rings. The summed E-state index contributed by atoms with van der Waals surface area (Å²) in [4.78, 5) is 24.7. The zero-order chi connectivity index (χ0) is 22.4. The van der Waals surface area contributed by atoms with E-state index >= 15 is 0 Å². The van der Waals surface area contributed by atoms with Gasteiger partial charge in [0.15, 0.2) is 0 Å². The lowest BCUT2D eigenvalue weighted by Crippen LogP contribution is -2.18. The van der Waals surface area contributed by atoms with Crippen LogP contribution in [0.3, 0.4) is 0 Å². The molecule has 6 heteroatoms. The Balaban J connectivity index is 1.58. The van der Waals surface area contributed by atoms with E-state index < -0.39 is 5.91 Å². The topological polar surface area (TPSA) is 90.8 Å². The maximum Gasteiger partial charge on any atom is 0.271 e. The van der Waals surface area contributed by atoms with Crippen molar-refractivity contribution in [3.05, 3.63) is 95.1 Å². The van der Waals surface area contributed by atoms with Gasteiger partial charge in [-0.25, -0.2) is 5.43 Å². The molecule has 0 aliphatic carbocycles. The molecule has 0 radical (unpaired) electrons. The molecule has 0 unspecified atom stereocenters. The number of hydrogen-bond acceptors (Lipinski definition) is 4. The minimum atomic E-state index is -0.401. The van der Waals surface area contributed by atoms with Gasteiger partial charge in [-0.1, -0.05) is 45.0 Å². The van der Waals surface area contributed by atoms with Crippen LogP contribution in [0.5, 0.6) is 5.75 Å². The van der Waals surface area contributed by atoms with E-state index in [1.54, 1.807) is 54.6 Å². The highest BCUT2D eigenvalue weighted by atomic mass is 16.3. The number of nitrogens with zero attached hydrogens (tertiary/aromatic N) is 1. The zero-order valence-corrected chi connectivity index (χ0v) is 17.7. The van der Waals surface area contributed by atoms with E-state index in [-0.39, 0.29) is 17.1 Å². The molecule has 3 aromatic carbocycles. The van der Waals surface area contributed by atoms with Crippen LogP contribution in [0.4, 0.5) is 5.69 Å². The number of hydrogen-bond donors (Lipinski definition) is 3. The molecule has 0 aliphatic rings. The van der Waals surface area contributed by atoms with Gasteiger partial charge in [-0.2, -0.15) is 5.10 Å². The summed E-state index contributed by atoms with van der Waals surface area (Å²) >= 11 is 0. The molecule has 0 atom stereocenters. The molecule has 3 aromatic rings. The predicted octanol–water partition coefficient (Wildman–Crippen LogP) is 4.71. The Bertz CT molecular complexity index is 1100. The predicted molar refractivity (Wildman–Crippen MR) is 123 cm³/mol. The van der Waals surface area contributed by atoms with Gasteiger partial charge in [-0.3, -0.25) is 9.59 Å². The van der Waals surface area contributed by atoms with Crippen molar-refractivity contribution < 1.29 is 14.7 Å². The Kier molecular flexibility index (Phi) is 6.50. The first-order chi connectivity index (χ1) is 14.7. The number of phenolic OH excluding ortho intramolecular Hbond substituents is 1. The van der Waals surface area contributed by atoms with Crippen LogP contribution in [0.15, 0.2) is 77.9 Å². The lowest BCUT2D eigenvalue weighted by Gasteiger charge is -2.19. The lowest BCUT2D eigenvalue weighted by molar-refractivity contribution is 0.0954. The van der Waals surface area contributed by atoms with Crippen molar-refractivity contribution in [2.45, 2.75) is 26.2 Å². The van der Waals surface area contributed by atoms with Gasteiger partial charge in [0.25, 0.3) is 11.8 Å². The van der Waals surface area contributed by atoms with E-state index in [0.717, 1.165) is 5.56 Å². The average molecular weight is 415 g/mol. The average Bonchev–Trinajstić information content (AvgIpc) is 2.75. The number of phenols is 1. The summed E-state index contributed by atoms with van der Waals surface area (Å²) in [6, 6.07) is 20.7. The Hall–Kier alpha value is -3.93. The highest BCUT2D eigenvalue weighted by molar-refractivity contribution is 6.04. The summed E-state index contributed by atoms with van der Waals surface area (Å²) < 4.78 is 0. The van der Waals surface area contributed by atoms with Crippen LogP contribution in [0, 0.1) is 0 Å². The highest BCUT2D eigenvalue weighted by Gasteiger charge is 2.14. The molecular weight excluding hydrogens is 390 g/mol. The molecule has 0 bridgehead atoms. The number of carbonyl (C=O) groups is 2. The SMILES string of the molecule is CC(C)(C)c1ccc(C(=O)Nc2ccc(C(=O)NN=Cc3ccccc3O)cc2)cc1. The number of benzene rings is 3. The molecular formula is C25H25N3O3. The summed E-state index contributed by atoms with van der Waals surface area (Å²) in [5, 5.41) is 16.4. The van der Waals surface area contributed by atoms with Gasteiger partial charge in [-0.15, -0.1) is 0 Å². The number of nitrogens with one attached hydrogen (secondary N) is 2. The number of anilines is 1. The number of rotatable bonds is 5. The Morgan fingerprint density at radius 2 is 1.42 bits per heavy atom. The van der Waals surface area contributed by atoms with Crippen molar-refractivity contribution in [3.63, 3.8) is 0 Å². The second-order valence-corrected chi connectivity index (χ2v) is 8.12. The second-order valence-electron chi connectivity index (χ2n) is 8.12. The molecule has 0 saturated carbocycles. The molecule has 0 aromatic heterocycles. The van der Waals surface area contributed by atoms with Gasteiger partial charge < -0.3 is 10.4 Å². The summed E-state index contributed by atoms with van der Waals surface area (Å²) in [6.07, 6.45) is 1.37. The van der Waals surface area contributed by atoms with Gasteiger partial charge in [0, 0.05) is 22.4 Å². The lowest BCUT2D eigenvalue weighted by atomic mass is 9.87. The van der Waals surface area contributed by atoms with Crippen LogP contribution < -0.4 is 10.7 Å². The first kappa shape index (κ1) is 21.8. The number of para-hydroxylation sites is 1. The molecule has 0 saturated heterocycles. The number of hydrazone groups is 1. The van der Waals surface area contributed by atoms with Gasteiger partial charge >= 0.3 is 0 Å². The summed E-state index contributed by atoms with van der Waals surface area (Å²) in [7, 11) is 0. The van der Waals surface area contributed by atoms with Crippen molar-refractivity contribution in [1.29, 1.82) is 0 Å². The number of amides is 2. The van der Waals surface area contributed by atoms with E-state index in [2.05, 4.69) is 36.6 Å². The molecule has 6 nitrogen and oxygen atoms in total. The maximum atomic E-state index is 12.5. The highest BCUT2D eigenvalue weighted by Crippen LogP contribution is 2.22. The van der Waals surface area contributed by atoms with Gasteiger partial charge in [0.05, 0.1) is 6.21 Å². The zero-order valence-electron chi connectivity index (χ0n) is 17.7. The second kappa shape index (κ2) is 9.26. The van der Waals surface area contributed by atoms with Crippen LogP contribution >= 0.6 is 0 Å². The van der Waals surface area contributed by atoms with Crippen molar-refractivity contribution in [1.82, 2.24) is 5.43 Å². The minimum Gasteiger partial charge on any atom is -0.507 e. The molecule has 3 rings (SSSR count). The van der Waals surface area contributed by atoms with Crippen LogP contribution in [0.1, 0.15) is 52.6 Å². The Labute approximate surface area is 181 Å². The summed E-state index contributed by atoms with van der Waals surface area (Å²) in [6.45, 7) is 6.36. The monoisotopic (exact) mass is 415 g/mol. The van der Waals surface area contributed by atoms with Crippen LogP contribution in [0.25, 0.3) is 0 Å². The van der Waals surface area contributed by atoms with Crippen molar-refractivity contribution in [3.8, 4) is 5.75 Å². The molecule has 31 heavy (non-hydrogen) atoms. The molecule has 158 valence electrons. The normalized spacial score (nSPS) is 11.3. The molecule has 0 aliphatic heterocycles. The van der Waals surface area contributed by atoms with E-state index in [0.29, 0.717) is 22.4 Å². The third-order valence-electron chi connectivity index (χ3n) is 4.72. The fourth-order valence-electron chi connectivity index (χ4n) is 2.85. The fraction of sp³-hybridized carbons (Fsp3) is 0.160. The standard InChI is InChI=1S/C25H25N3O3/c1-25(2,3)20-12-8-17(9-13-20)23(30)27-21-14-10-18(11-15-21)24(31)28-26-16-19-6-4-5-7-22(19)29/h4-16,29H,1-3H3,(H,27,30)(H,28,31). The van der Waals surface area contributed by atoms with Crippen molar-refractivity contribution in [2.75, 3.05) is 5.32 Å². The molecule has 2 amide bonds. The Morgan fingerprint density at radius 1 is 0.839 bits per heavy atom. The van der Waals surface area contributed by atoms with Gasteiger partial charge in [-0.05, 0) is 59.5 Å². The van der Waals surface area contributed by atoms with E-state index in [1.807, 2.05) is 12.1 Å². The van der Waals surface area contributed by atoms with E-state index in [9.17, 15) is 14.7 Å². The first-order valence-electron chi connectivity index (χ1n) is 9.87. The third kappa shape index (κ3) is 5.79. The van der Waals surface area contributed by atoms with Crippen LogP contribution in [-0.2, 0) is 5.41 Å². The van der Waals surface area contributed by atoms with Crippen molar-refractivity contribution >= 4 is 23.7 Å². The summed E-state index contributed by atoms with van der Waals surface area (Å²) in [5.74, 6) is -0.541. The Morgan fingerprint density at radius 3 is 2.03 bits per heavy atom. The number of carbonyl (C=O) groups excluding carboxylic acids is 2. The van der Waals surface area contributed by atoms with E-state index in [1.165, 1.54) is 12.3 Å². The van der Waals surface area contributed by atoms with Gasteiger partial charge in [0.1, 0.15) is 5.75 Å². The van der Waals surface area contributed by atoms with E-state index in [4.69, 9.17) is 0 Å². The van der Waals surface area contributed by atoms with Crippen molar-refractivity contribution in [2.24, 2.45) is 5.10 Å². The summed E-state index contributed by atoms with van der Waals surface area (Å²) in [5.41, 5.74) is 5.63. The quantitative estimate of drug-likeness (QED) is 0.416. The van der Waals surface area contributed by atoms with Crippen LogP contribution in [-0.4, -0.2) is 23.1 Å². The fourth-order valence-corrected chi connectivity index (χ4v) is 2.85. The third-order valence-corrected chi connectivity index (χ3v) is 4.72. The molecule has 0 spiro atoms. The number of aromatic hydroxyl groups is 1. The molecule has 3 N–H and O–H groups in total. The first-order valence-corrected chi connectivity index (χ1v) is 9.87. The largest absolute Gasteiger partial charge is 0.507 e. The minimum absolute atomic E-state index is 0.0247. The maximum absolute atomic E-state index is 12.5.